The van der Waals surface area contributed by atoms with Gasteiger partial charge in [-0.05, 0) is 24.5 Å². The molecule has 10 heteroatoms. The molecule has 0 unspecified atom stereocenters. The van der Waals surface area contributed by atoms with E-state index < -0.39 is 6.09 Å². The fourth-order valence-electron chi connectivity index (χ4n) is 4.31. The predicted molar refractivity (Wildman–Crippen MR) is 141 cm³/mol. The Morgan fingerprint density at radius 2 is 1.62 bits per heavy atom. The summed E-state index contributed by atoms with van der Waals surface area (Å²) in [6, 6.07) is 8.79. The number of aromatic nitrogens is 6. The summed E-state index contributed by atoms with van der Waals surface area (Å²) in [6.45, 7) is 0.0537. The summed E-state index contributed by atoms with van der Waals surface area (Å²) >= 11 is 0. The van der Waals surface area contributed by atoms with E-state index in [1.54, 1.807) is 4.68 Å². The highest BCUT2D eigenvalue weighted by molar-refractivity contribution is 5.70. The first kappa shape index (κ1) is 26.0. The van der Waals surface area contributed by atoms with Crippen LogP contribution in [0.1, 0.15) is 38.1 Å². The van der Waals surface area contributed by atoms with Crippen molar-refractivity contribution in [1.82, 2.24) is 34.4 Å². The number of carbonyl (C=O) groups is 1. The van der Waals surface area contributed by atoms with Crippen molar-refractivity contribution in [3.8, 4) is 33.6 Å². The highest BCUT2D eigenvalue weighted by atomic mass is 16.4. The van der Waals surface area contributed by atoms with Crippen molar-refractivity contribution in [3.63, 3.8) is 0 Å². The van der Waals surface area contributed by atoms with Crippen LogP contribution in [0, 0.1) is 0 Å². The first-order chi connectivity index (χ1) is 17.9. The van der Waals surface area contributed by atoms with E-state index in [0.717, 1.165) is 38.5 Å². The van der Waals surface area contributed by atoms with Crippen LogP contribution in [0.5, 0.6) is 0 Å². The second kappa shape index (κ2) is 12.3. The van der Waals surface area contributed by atoms with E-state index in [-0.39, 0.29) is 13.2 Å². The number of hydrogen-bond acceptors (Lipinski definition) is 6. The molecule has 3 aromatic heterocycles. The van der Waals surface area contributed by atoms with E-state index in [9.17, 15) is 4.79 Å². The summed E-state index contributed by atoms with van der Waals surface area (Å²) in [4.78, 5) is 20.2. The fourth-order valence-corrected chi connectivity index (χ4v) is 4.31. The molecular weight excluding hydrogens is 470 g/mol. The van der Waals surface area contributed by atoms with Crippen molar-refractivity contribution in [2.45, 2.75) is 38.1 Å². The number of rotatable bonds is 6. The zero-order chi connectivity index (χ0) is 26.2. The van der Waals surface area contributed by atoms with Gasteiger partial charge in [-0.1, -0.05) is 37.5 Å². The molecule has 0 radical (unpaired) electrons. The monoisotopic (exact) mass is 503 g/mol. The van der Waals surface area contributed by atoms with Crippen molar-refractivity contribution < 1.29 is 15.0 Å². The SMILES string of the molecule is CN(CCO)C(=O)O.Cn1cc(-c2cccc(-c3ncc(-c4cnn(C5CCCCC5)c4)cn3)c2)cn1. The third-order valence-electron chi connectivity index (χ3n) is 6.46. The maximum atomic E-state index is 9.90. The normalized spacial score (nSPS) is 13.6. The largest absolute Gasteiger partial charge is 0.465 e. The molecule has 0 saturated heterocycles. The molecule has 1 amide bonds. The zero-order valence-corrected chi connectivity index (χ0v) is 21.2. The van der Waals surface area contributed by atoms with Crippen LogP contribution in [-0.2, 0) is 7.05 Å². The molecule has 0 spiro atoms. The van der Waals surface area contributed by atoms with E-state index >= 15 is 0 Å². The van der Waals surface area contributed by atoms with Crippen LogP contribution in [0.3, 0.4) is 0 Å². The molecule has 0 atom stereocenters. The standard InChI is InChI=1S/C23H24N6.C4H9NO3/c1-28-15-20(13-26-28)17-6-5-7-18(10-17)23-24-11-19(12-25-23)21-14-27-29(16-21)22-8-3-2-4-9-22;1-5(2-3-6)4(7)8/h5-7,10-16,22H,2-4,8-9H2,1H3;6H,2-3H2,1H3,(H,7,8). The minimum atomic E-state index is -1.01. The number of carboxylic acid groups (broad SMARTS) is 1. The van der Waals surface area contributed by atoms with Crippen LogP contribution in [0.4, 0.5) is 4.79 Å². The third-order valence-corrected chi connectivity index (χ3v) is 6.46. The van der Waals surface area contributed by atoms with Gasteiger partial charge in [-0.2, -0.15) is 10.2 Å². The molecule has 0 bridgehead atoms. The first-order valence-corrected chi connectivity index (χ1v) is 12.5. The van der Waals surface area contributed by atoms with Gasteiger partial charge in [-0.25, -0.2) is 14.8 Å². The maximum absolute atomic E-state index is 9.90. The molecule has 37 heavy (non-hydrogen) atoms. The Kier molecular flexibility index (Phi) is 8.63. The lowest BCUT2D eigenvalue weighted by Gasteiger charge is -2.21. The zero-order valence-electron chi connectivity index (χ0n) is 21.2. The second-order valence-electron chi connectivity index (χ2n) is 9.21. The van der Waals surface area contributed by atoms with Gasteiger partial charge in [0.1, 0.15) is 0 Å². The molecule has 1 aromatic carbocycles. The Bertz CT molecular complexity index is 1290. The molecule has 1 saturated carbocycles. The molecule has 3 heterocycles. The Balaban J connectivity index is 0.000000349. The number of likely N-dealkylation sites (N-methyl/N-ethyl adjacent to an activating group) is 1. The van der Waals surface area contributed by atoms with Crippen molar-refractivity contribution in [3.05, 3.63) is 61.4 Å². The van der Waals surface area contributed by atoms with Gasteiger partial charge in [-0.3, -0.25) is 9.36 Å². The third kappa shape index (κ3) is 6.79. The van der Waals surface area contributed by atoms with E-state index in [1.807, 2.05) is 50.2 Å². The minimum absolute atomic E-state index is 0.122. The van der Waals surface area contributed by atoms with Crippen LogP contribution in [0.15, 0.2) is 61.4 Å². The molecule has 0 aliphatic heterocycles. The Labute approximate surface area is 216 Å². The van der Waals surface area contributed by atoms with Gasteiger partial charge in [0.05, 0.1) is 25.0 Å². The molecule has 10 nitrogen and oxygen atoms in total. The molecule has 1 aliphatic carbocycles. The number of aryl methyl sites for hydroxylation is 1. The second-order valence-corrected chi connectivity index (χ2v) is 9.21. The number of aliphatic hydroxyl groups excluding tert-OH is 1. The van der Waals surface area contributed by atoms with Gasteiger partial charge in [0.25, 0.3) is 0 Å². The molecule has 1 fully saturated rings. The lowest BCUT2D eigenvalue weighted by atomic mass is 9.96. The molecule has 4 aromatic rings. The van der Waals surface area contributed by atoms with Crippen molar-refractivity contribution in [2.24, 2.45) is 7.05 Å². The molecule has 1 aliphatic rings. The lowest BCUT2D eigenvalue weighted by molar-refractivity contribution is 0.144. The van der Waals surface area contributed by atoms with Crippen LogP contribution in [-0.4, -0.2) is 70.9 Å². The number of amides is 1. The Morgan fingerprint density at radius 1 is 0.946 bits per heavy atom. The number of hydrogen-bond donors (Lipinski definition) is 2. The van der Waals surface area contributed by atoms with Crippen LogP contribution in [0.25, 0.3) is 33.6 Å². The van der Waals surface area contributed by atoms with E-state index in [4.69, 9.17) is 10.2 Å². The highest BCUT2D eigenvalue weighted by Crippen LogP contribution is 2.29. The quantitative estimate of drug-likeness (QED) is 0.397. The van der Waals surface area contributed by atoms with Gasteiger partial charge < -0.3 is 15.1 Å². The summed E-state index contributed by atoms with van der Waals surface area (Å²) in [6.07, 6.45) is 17.1. The number of nitrogens with zero attached hydrogens (tertiary/aromatic N) is 7. The molecule has 2 N–H and O–H groups in total. The average molecular weight is 504 g/mol. The Morgan fingerprint density at radius 3 is 2.24 bits per heavy atom. The summed E-state index contributed by atoms with van der Waals surface area (Å²) in [7, 11) is 3.32. The van der Waals surface area contributed by atoms with E-state index in [1.165, 1.54) is 39.2 Å². The van der Waals surface area contributed by atoms with Crippen molar-refractivity contribution in [2.75, 3.05) is 20.2 Å². The number of benzene rings is 1. The Hall–Kier alpha value is -4.05. The summed E-state index contributed by atoms with van der Waals surface area (Å²) in [5.74, 6) is 0.721. The van der Waals surface area contributed by atoms with E-state index in [2.05, 4.69) is 43.2 Å². The van der Waals surface area contributed by atoms with Gasteiger partial charge in [0.2, 0.25) is 0 Å². The number of aliphatic hydroxyl groups is 1. The smallest absolute Gasteiger partial charge is 0.407 e. The van der Waals surface area contributed by atoms with E-state index in [0.29, 0.717) is 6.04 Å². The summed E-state index contributed by atoms with van der Waals surface area (Å²) in [5.41, 5.74) is 5.26. The fraction of sp³-hybridized carbons (Fsp3) is 0.370. The highest BCUT2D eigenvalue weighted by Gasteiger charge is 2.16. The summed E-state index contributed by atoms with van der Waals surface area (Å²) < 4.78 is 3.93. The van der Waals surface area contributed by atoms with Gasteiger partial charge in [-0.15, -0.1) is 0 Å². The molecule has 194 valence electrons. The maximum Gasteiger partial charge on any atom is 0.407 e. The lowest BCUT2D eigenvalue weighted by Crippen LogP contribution is -2.27. The molecular formula is C27H33N7O3. The average Bonchev–Trinajstić information content (AvgIpc) is 3.60. The van der Waals surface area contributed by atoms with Gasteiger partial charge >= 0.3 is 6.09 Å². The topological polar surface area (TPSA) is 122 Å². The van der Waals surface area contributed by atoms with Crippen LogP contribution >= 0.6 is 0 Å². The van der Waals surface area contributed by atoms with Gasteiger partial charge in [0.15, 0.2) is 5.82 Å². The van der Waals surface area contributed by atoms with Crippen LogP contribution < -0.4 is 0 Å². The minimum Gasteiger partial charge on any atom is -0.465 e. The van der Waals surface area contributed by atoms with Gasteiger partial charge in [0, 0.05) is 67.7 Å². The van der Waals surface area contributed by atoms with Crippen molar-refractivity contribution >= 4 is 6.09 Å². The van der Waals surface area contributed by atoms with Crippen LogP contribution in [0.2, 0.25) is 0 Å². The summed E-state index contributed by atoms with van der Waals surface area (Å²) in [5, 5.41) is 25.2. The molecule has 5 rings (SSSR count). The predicted octanol–water partition coefficient (Wildman–Crippen LogP) is 4.50. The van der Waals surface area contributed by atoms with Crippen molar-refractivity contribution in [1.29, 1.82) is 0 Å². The first-order valence-electron chi connectivity index (χ1n) is 12.5.